The first-order chi connectivity index (χ1) is 3.43. The Morgan fingerprint density at radius 3 is 3.00 bits per heavy atom. The Hall–Kier alpha value is -0.305. The predicted molar refractivity (Wildman–Crippen MR) is 33.4 cm³/mol. The molecule has 0 aliphatic carbocycles. The Labute approximate surface area is 47.6 Å². The van der Waals surface area contributed by atoms with E-state index >= 15 is 0 Å². The topological polar surface area (TPSA) is 12.9 Å². The van der Waals surface area contributed by atoms with Gasteiger partial charge in [0.05, 0.1) is 5.51 Å². The molecule has 7 heavy (non-hydrogen) atoms. The van der Waals surface area contributed by atoms with E-state index < -0.39 is 0 Å². The second-order valence-electron chi connectivity index (χ2n) is 1.20. The van der Waals surface area contributed by atoms with E-state index in [-0.39, 0.29) is 0 Å². The van der Waals surface area contributed by atoms with Crippen LogP contribution in [0.5, 0.6) is 0 Å². The summed E-state index contributed by atoms with van der Waals surface area (Å²) in [5, 5.41) is 2.01. The SMILES string of the molecule is C[B]c1cscn1. The van der Waals surface area contributed by atoms with Gasteiger partial charge in [-0.2, -0.15) is 0 Å². The van der Waals surface area contributed by atoms with E-state index in [1.807, 2.05) is 25.0 Å². The van der Waals surface area contributed by atoms with Crippen molar-refractivity contribution in [1.82, 2.24) is 4.98 Å². The van der Waals surface area contributed by atoms with Crippen LogP contribution in [0.4, 0.5) is 0 Å². The molecule has 0 saturated carbocycles. The van der Waals surface area contributed by atoms with Gasteiger partial charge < -0.3 is 0 Å². The first kappa shape index (κ1) is 4.84. The molecule has 1 nitrogen and oxygen atoms in total. The maximum atomic E-state index is 4.00. The zero-order valence-electron chi connectivity index (χ0n) is 4.09. The maximum absolute atomic E-state index is 4.00. The summed E-state index contributed by atoms with van der Waals surface area (Å²) in [5.41, 5.74) is 2.90. The molecule has 0 aliphatic heterocycles. The molecule has 35 valence electrons. The van der Waals surface area contributed by atoms with E-state index in [1.165, 1.54) is 0 Å². The zero-order chi connectivity index (χ0) is 5.11. The largest absolute Gasteiger partial charge is 0.261 e. The molecule has 0 bridgehead atoms. The quantitative estimate of drug-likeness (QED) is 0.480. The lowest BCUT2D eigenvalue weighted by atomic mass is 9.79. The molecule has 0 spiro atoms. The van der Waals surface area contributed by atoms with E-state index in [1.54, 1.807) is 11.3 Å². The lowest BCUT2D eigenvalue weighted by Gasteiger charge is -1.74. The first-order valence-electron chi connectivity index (χ1n) is 2.11. The predicted octanol–water partition coefficient (Wildman–Crippen LogP) is 0.521. The molecule has 3 heteroatoms. The maximum Gasteiger partial charge on any atom is 0.175 e. The molecule has 0 atom stereocenters. The molecule has 1 radical (unpaired) electrons. The van der Waals surface area contributed by atoms with Crippen LogP contribution >= 0.6 is 11.3 Å². The van der Waals surface area contributed by atoms with Gasteiger partial charge in [-0.1, -0.05) is 6.82 Å². The van der Waals surface area contributed by atoms with Crippen LogP contribution in [-0.4, -0.2) is 12.3 Å². The van der Waals surface area contributed by atoms with Crippen LogP contribution in [0.15, 0.2) is 10.9 Å². The van der Waals surface area contributed by atoms with Crippen molar-refractivity contribution in [1.29, 1.82) is 0 Å². The number of nitrogens with zero attached hydrogens (tertiary/aromatic N) is 1. The fourth-order valence-electron chi connectivity index (χ4n) is 0.364. The summed E-state index contributed by atoms with van der Waals surface area (Å²) in [6.07, 6.45) is 0. The summed E-state index contributed by atoms with van der Waals surface area (Å²) >= 11 is 1.62. The summed E-state index contributed by atoms with van der Waals surface area (Å²) in [4.78, 5) is 4.00. The number of hydrogen-bond donors (Lipinski definition) is 0. The highest BCUT2D eigenvalue weighted by Gasteiger charge is 1.86. The van der Waals surface area contributed by atoms with Gasteiger partial charge in [-0.3, -0.25) is 4.98 Å². The van der Waals surface area contributed by atoms with Crippen molar-refractivity contribution >= 4 is 24.2 Å². The number of hydrogen-bond acceptors (Lipinski definition) is 2. The summed E-state index contributed by atoms with van der Waals surface area (Å²) in [6.45, 7) is 1.98. The minimum Gasteiger partial charge on any atom is -0.261 e. The van der Waals surface area contributed by atoms with Gasteiger partial charge in [0.2, 0.25) is 0 Å². The third-order valence-electron chi connectivity index (χ3n) is 0.747. The Morgan fingerprint density at radius 2 is 2.71 bits per heavy atom. The summed E-state index contributed by atoms with van der Waals surface area (Å²) in [6, 6.07) is 0. The van der Waals surface area contributed by atoms with Crippen LogP contribution in [0, 0.1) is 0 Å². The van der Waals surface area contributed by atoms with Crippen molar-refractivity contribution < 1.29 is 0 Å². The van der Waals surface area contributed by atoms with E-state index in [0.717, 1.165) is 5.59 Å². The highest BCUT2D eigenvalue weighted by atomic mass is 32.1. The van der Waals surface area contributed by atoms with Crippen molar-refractivity contribution in [3.63, 3.8) is 0 Å². The smallest absolute Gasteiger partial charge is 0.175 e. The second kappa shape index (κ2) is 2.12. The highest BCUT2D eigenvalue weighted by Crippen LogP contribution is 1.84. The zero-order valence-corrected chi connectivity index (χ0v) is 4.90. The molecule has 0 unspecified atom stereocenters. The fourth-order valence-corrected chi connectivity index (χ4v) is 0.944. The van der Waals surface area contributed by atoms with Crippen LogP contribution in [-0.2, 0) is 0 Å². The molecule has 1 rings (SSSR count). The molecule has 0 N–H and O–H groups in total. The molecule has 0 aliphatic rings. The van der Waals surface area contributed by atoms with Gasteiger partial charge in [0.1, 0.15) is 0 Å². The average molecular weight is 110 g/mol. The lowest BCUT2D eigenvalue weighted by molar-refractivity contribution is 1.49. The molecule has 0 amide bonds. The van der Waals surface area contributed by atoms with Crippen LogP contribution in [0.3, 0.4) is 0 Å². The van der Waals surface area contributed by atoms with E-state index in [0.29, 0.717) is 0 Å². The molecule has 1 heterocycles. The highest BCUT2D eigenvalue weighted by molar-refractivity contribution is 7.08. The van der Waals surface area contributed by atoms with Crippen LogP contribution in [0.1, 0.15) is 0 Å². The monoisotopic (exact) mass is 110 g/mol. The van der Waals surface area contributed by atoms with Gasteiger partial charge in [-0.05, 0) is 0 Å². The van der Waals surface area contributed by atoms with Gasteiger partial charge in [0.15, 0.2) is 7.28 Å². The minimum atomic E-state index is 1.07. The van der Waals surface area contributed by atoms with E-state index in [2.05, 4.69) is 4.98 Å². The number of rotatable bonds is 1. The van der Waals surface area contributed by atoms with E-state index in [9.17, 15) is 0 Å². The van der Waals surface area contributed by atoms with Crippen molar-refractivity contribution in [2.45, 2.75) is 6.82 Å². The number of aromatic nitrogens is 1. The third-order valence-corrected chi connectivity index (χ3v) is 1.35. The molecule has 0 aromatic carbocycles. The normalized spacial score (nSPS) is 8.71. The van der Waals surface area contributed by atoms with Crippen molar-refractivity contribution in [2.75, 3.05) is 0 Å². The van der Waals surface area contributed by atoms with Crippen LogP contribution in [0.25, 0.3) is 0 Å². The summed E-state index contributed by atoms with van der Waals surface area (Å²) in [7, 11) is 1.98. The van der Waals surface area contributed by atoms with Gasteiger partial charge in [-0.25, -0.2) is 0 Å². The Balaban J connectivity index is 2.76. The molecular formula is C4H5BNS. The molecule has 1 aromatic heterocycles. The van der Waals surface area contributed by atoms with Gasteiger partial charge in [0, 0.05) is 11.0 Å². The van der Waals surface area contributed by atoms with Gasteiger partial charge in [0.25, 0.3) is 0 Å². The molecule has 1 aromatic rings. The Kier molecular flexibility index (Phi) is 1.47. The Morgan fingerprint density at radius 1 is 1.86 bits per heavy atom. The molecule has 0 saturated heterocycles. The van der Waals surface area contributed by atoms with Crippen LogP contribution in [0.2, 0.25) is 6.82 Å². The van der Waals surface area contributed by atoms with Gasteiger partial charge in [-0.15, -0.1) is 11.3 Å². The van der Waals surface area contributed by atoms with Crippen LogP contribution < -0.4 is 5.59 Å². The lowest BCUT2D eigenvalue weighted by Crippen LogP contribution is -2.09. The van der Waals surface area contributed by atoms with Crippen molar-refractivity contribution in [2.24, 2.45) is 0 Å². The fraction of sp³-hybridized carbons (Fsp3) is 0.250. The first-order valence-corrected chi connectivity index (χ1v) is 3.05. The minimum absolute atomic E-state index is 1.07. The second-order valence-corrected chi connectivity index (χ2v) is 1.92. The van der Waals surface area contributed by atoms with E-state index in [4.69, 9.17) is 0 Å². The third kappa shape index (κ3) is 1.03. The molecular weight excluding hydrogens is 105 g/mol. The summed E-state index contributed by atoms with van der Waals surface area (Å²) < 4.78 is 0. The average Bonchev–Trinajstić information content (AvgIpc) is 2.14. The van der Waals surface area contributed by atoms with Gasteiger partial charge >= 0.3 is 0 Å². The summed E-state index contributed by atoms with van der Waals surface area (Å²) in [5.74, 6) is 0. The molecule has 0 fully saturated rings. The van der Waals surface area contributed by atoms with Crippen molar-refractivity contribution in [3.8, 4) is 0 Å². The van der Waals surface area contributed by atoms with Crippen molar-refractivity contribution in [3.05, 3.63) is 10.9 Å². The number of thiazole rings is 1. The Bertz CT molecular complexity index is 126. The standard InChI is InChI=1S/C4H5BNS/c1-5-4-2-7-3-6-4/h2-3H,1H3.